The fourth-order valence-corrected chi connectivity index (χ4v) is 2.12. The Balaban J connectivity index is 2.61. The van der Waals surface area contributed by atoms with E-state index >= 15 is 0 Å². The van der Waals surface area contributed by atoms with Crippen molar-refractivity contribution in [3.8, 4) is 0 Å². The molecule has 0 fully saturated rings. The monoisotopic (exact) mass is 284 g/mol. The van der Waals surface area contributed by atoms with Crippen LogP contribution in [-0.4, -0.2) is 30.3 Å². The summed E-state index contributed by atoms with van der Waals surface area (Å²) < 4.78 is 0. The lowest BCUT2D eigenvalue weighted by molar-refractivity contribution is 0.218. The van der Waals surface area contributed by atoms with Gasteiger partial charge in [-0.1, -0.05) is 43.6 Å². The molecule has 0 aliphatic heterocycles. The number of aliphatic hydroxyl groups is 1. The topological polar surface area (TPSA) is 61.4 Å². The van der Waals surface area contributed by atoms with Gasteiger partial charge >= 0.3 is 6.03 Å². The summed E-state index contributed by atoms with van der Waals surface area (Å²) in [6.45, 7) is 6.15. The second-order valence-electron chi connectivity index (χ2n) is 5.27. The second-order valence-corrected chi connectivity index (χ2v) is 5.68. The first kappa shape index (κ1) is 15.8. The van der Waals surface area contributed by atoms with Gasteiger partial charge in [0.05, 0.1) is 12.6 Å². The second kappa shape index (κ2) is 6.78. The number of rotatable bonds is 5. The summed E-state index contributed by atoms with van der Waals surface area (Å²) in [5, 5.41) is 15.0. The van der Waals surface area contributed by atoms with Gasteiger partial charge in [0.25, 0.3) is 0 Å². The van der Waals surface area contributed by atoms with E-state index in [1.165, 1.54) is 0 Å². The number of urea groups is 1. The Morgan fingerprint density at radius 2 is 2.05 bits per heavy atom. The molecule has 1 unspecified atom stereocenters. The molecule has 1 aromatic carbocycles. The number of nitrogens with one attached hydrogen (secondary N) is 2. The third-order valence-electron chi connectivity index (χ3n) is 2.95. The molecule has 0 heterocycles. The summed E-state index contributed by atoms with van der Waals surface area (Å²) in [5.41, 5.74) is 0.727. The Bertz CT molecular complexity index is 435. The summed E-state index contributed by atoms with van der Waals surface area (Å²) in [5.74, 6) is 0. The average molecular weight is 285 g/mol. The van der Waals surface area contributed by atoms with Crippen molar-refractivity contribution >= 4 is 17.6 Å². The molecule has 0 bridgehead atoms. The molecule has 0 saturated carbocycles. The lowest BCUT2D eigenvalue weighted by Crippen LogP contribution is -2.46. The van der Waals surface area contributed by atoms with Crippen molar-refractivity contribution in [2.75, 3.05) is 13.2 Å². The summed E-state index contributed by atoms with van der Waals surface area (Å²) in [7, 11) is 0. The average Bonchev–Trinajstić information content (AvgIpc) is 2.36. The number of hydrogen-bond donors (Lipinski definition) is 3. The molecule has 0 radical (unpaired) electrons. The minimum absolute atomic E-state index is 0.0820. The fraction of sp³-hybridized carbons (Fsp3) is 0.500. The molecule has 0 aliphatic carbocycles. The minimum atomic E-state index is -0.290. The predicted octanol–water partition coefficient (Wildman–Crippen LogP) is 2.30. The van der Waals surface area contributed by atoms with Gasteiger partial charge in [-0.2, -0.15) is 0 Å². The molecule has 0 spiro atoms. The van der Waals surface area contributed by atoms with Crippen molar-refractivity contribution in [3.63, 3.8) is 0 Å². The van der Waals surface area contributed by atoms with Crippen LogP contribution in [0.5, 0.6) is 0 Å². The van der Waals surface area contributed by atoms with E-state index in [1.807, 2.05) is 38.1 Å². The van der Waals surface area contributed by atoms with Crippen molar-refractivity contribution in [2.45, 2.75) is 32.2 Å². The van der Waals surface area contributed by atoms with Gasteiger partial charge in [-0.25, -0.2) is 4.79 Å². The number of carbonyl (C=O) groups excluding carboxylic acids is 1. The molecular formula is C14H21ClN2O2. The van der Waals surface area contributed by atoms with Crippen molar-refractivity contribution in [1.82, 2.24) is 10.6 Å². The van der Waals surface area contributed by atoms with Crippen LogP contribution in [0, 0.1) is 0 Å². The fourth-order valence-electron chi connectivity index (χ4n) is 1.73. The highest BCUT2D eigenvalue weighted by Gasteiger charge is 2.23. The molecule has 1 atom stereocenters. The molecule has 0 aliphatic rings. The van der Waals surface area contributed by atoms with E-state index in [4.69, 9.17) is 16.7 Å². The van der Waals surface area contributed by atoms with E-state index in [1.54, 1.807) is 6.92 Å². The van der Waals surface area contributed by atoms with Crippen LogP contribution in [0.2, 0.25) is 5.02 Å². The normalized spacial score (nSPS) is 12.9. The quantitative estimate of drug-likeness (QED) is 0.777. The Kier molecular flexibility index (Phi) is 5.63. The lowest BCUT2D eigenvalue weighted by atomic mass is 9.84. The highest BCUT2D eigenvalue weighted by Crippen LogP contribution is 2.28. The molecule has 106 valence electrons. The van der Waals surface area contributed by atoms with Crippen molar-refractivity contribution in [3.05, 3.63) is 34.9 Å². The molecule has 19 heavy (non-hydrogen) atoms. The third kappa shape index (κ3) is 4.73. The SMILES string of the molecule is CC(CO)NC(=O)NCC(C)(C)c1ccccc1Cl. The van der Waals surface area contributed by atoms with Gasteiger partial charge in [0.15, 0.2) is 0 Å². The van der Waals surface area contributed by atoms with E-state index in [-0.39, 0.29) is 24.1 Å². The van der Waals surface area contributed by atoms with Gasteiger partial charge in [-0.05, 0) is 18.6 Å². The van der Waals surface area contributed by atoms with Gasteiger partial charge < -0.3 is 15.7 Å². The van der Waals surface area contributed by atoms with E-state index in [0.717, 1.165) is 5.56 Å². The first-order valence-electron chi connectivity index (χ1n) is 6.27. The van der Waals surface area contributed by atoms with Gasteiger partial charge in [0.1, 0.15) is 0 Å². The molecule has 4 nitrogen and oxygen atoms in total. The van der Waals surface area contributed by atoms with Crippen LogP contribution >= 0.6 is 11.6 Å². The molecule has 0 aromatic heterocycles. The predicted molar refractivity (Wildman–Crippen MR) is 77.6 cm³/mol. The highest BCUT2D eigenvalue weighted by molar-refractivity contribution is 6.31. The number of aliphatic hydroxyl groups excluding tert-OH is 1. The molecule has 5 heteroatoms. The zero-order chi connectivity index (χ0) is 14.5. The Hall–Kier alpha value is -1.26. The Morgan fingerprint density at radius 1 is 1.42 bits per heavy atom. The number of amides is 2. The van der Waals surface area contributed by atoms with Crippen molar-refractivity contribution < 1.29 is 9.90 Å². The molecule has 0 saturated heterocycles. The van der Waals surface area contributed by atoms with Gasteiger partial charge in [0, 0.05) is 17.0 Å². The molecule has 1 rings (SSSR count). The highest BCUT2D eigenvalue weighted by atomic mass is 35.5. The Labute approximate surface area is 119 Å². The van der Waals surface area contributed by atoms with Gasteiger partial charge in [0.2, 0.25) is 0 Å². The van der Waals surface area contributed by atoms with Crippen LogP contribution in [0.1, 0.15) is 26.3 Å². The van der Waals surface area contributed by atoms with Crippen LogP contribution < -0.4 is 10.6 Å². The van der Waals surface area contributed by atoms with Crippen LogP contribution in [0.15, 0.2) is 24.3 Å². The standard InChI is InChI=1S/C14H21ClN2O2/c1-10(8-18)17-13(19)16-9-14(2,3)11-6-4-5-7-12(11)15/h4-7,10,18H,8-9H2,1-3H3,(H2,16,17,19). The maximum atomic E-state index is 11.6. The van der Waals surface area contributed by atoms with E-state index < -0.39 is 0 Å². The largest absolute Gasteiger partial charge is 0.394 e. The molecular weight excluding hydrogens is 264 g/mol. The maximum absolute atomic E-state index is 11.6. The molecule has 2 amide bonds. The van der Waals surface area contributed by atoms with E-state index in [0.29, 0.717) is 11.6 Å². The molecule has 1 aromatic rings. The summed E-state index contributed by atoms with van der Waals surface area (Å²) >= 11 is 6.17. The summed E-state index contributed by atoms with van der Waals surface area (Å²) in [6, 6.07) is 7.05. The maximum Gasteiger partial charge on any atom is 0.315 e. The zero-order valence-corrected chi connectivity index (χ0v) is 12.3. The number of carbonyl (C=O) groups is 1. The minimum Gasteiger partial charge on any atom is -0.394 e. The number of halogens is 1. The molecule has 3 N–H and O–H groups in total. The summed E-state index contributed by atoms with van der Waals surface area (Å²) in [4.78, 5) is 11.6. The first-order chi connectivity index (χ1) is 8.86. The van der Waals surface area contributed by atoms with Crippen molar-refractivity contribution in [1.29, 1.82) is 0 Å². The first-order valence-corrected chi connectivity index (χ1v) is 6.65. The van der Waals surface area contributed by atoms with Crippen LogP contribution in [-0.2, 0) is 5.41 Å². The smallest absolute Gasteiger partial charge is 0.315 e. The van der Waals surface area contributed by atoms with Crippen LogP contribution in [0.25, 0.3) is 0 Å². The van der Waals surface area contributed by atoms with Crippen LogP contribution in [0.3, 0.4) is 0 Å². The number of benzene rings is 1. The number of hydrogen-bond acceptors (Lipinski definition) is 2. The van der Waals surface area contributed by atoms with Gasteiger partial charge in [-0.15, -0.1) is 0 Å². The van der Waals surface area contributed by atoms with E-state index in [9.17, 15) is 4.79 Å². The van der Waals surface area contributed by atoms with E-state index in [2.05, 4.69) is 10.6 Å². The Morgan fingerprint density at radius 3 is 2.63 bits per heavy atom. The lowest BCUT2D eigenvalue weighted by Gasteiger charge is -2.27. The van der Waals surface area contributed by atoms with Crippen LogP contribution in [0.4, 0.5) is 4.79 Å². The van der Waals surface area contributed by atoms with Gasteiger partial charge in [-0.3, -0.25) is 0 Å². The zero-order valence-electron chi connectivity index (χ0n) is 11.5. The van der Waals surface area contributed by atoms with Crippen molar-refractivity contribution in [2.24, 2.45) is 0 Å². The summed E-state index contributed by atoms with van der Waals surface area (Å²) in [6.07, 6.45) is 0. The third-order valence-corrected chi connectivity index (χ3v) is 3.27.